The van der Waals surface area contributed by atoms with Crippen molar-refractivity contribution in [2.75, 3.05) is 45.3 Å². The molecule has 2 fully saturated rings. The number of benzene rings is 1. The number of phenols is 1. The minimum absolute atomic E-state index is 0.0672. The first-order valence-electron chi connectivity index (χ1n) is 11.8. The van der Waals surface area contributed by atoms with Gasteiger partial charge in [-0.3, -0.25) is 19.3 Å². The molecule has 0 bridgehead atoms. The van der Waals surface area contributed by atoms with Crippen LogP contribution in [0.1, 0.15) is 17.5 Å². The van der Waals surface area contributed by atoms with Crippen LogP contribution in [0, 0.1) is 11.8 Å². The maximum Gasteiger partial charge on any atom is 0.255 e. The zero-order chi connectivity index (χ0) is 26.1. The molecule has 0 spiro atoms. The van der Waals surface area contributed by atoms with E-state index < -0.39 is 58.0 Å². The molecule has 1 aromatic carbocycles. The second-order valence-corrected chi connectivity index (χ2v) is 10.0. The van der Waals surface area contributed by atoms with Gasteiger partial charge in [0.2, 0.25) is 5.78 Å². The lowest BCUT2D eigenvalue weighted by atomic mass is 9.57. The Bertz CT molecular complexity index is 1250. The minimum Gasteiger partial charge on any atom is -0.508 e. The molecule has 4 aliphatic rings. The number of morpholine rings is 1. The van der Waals surface area contributed by atoms with E-state index in [0.29, 0.717) is 37.6 Å². The molecule has 0 radical (unpaired) electrons. The van der Waals surface area contributed by atoms with Gasteiger partial charge in [-0.05, 0) is 44.5 Å². The number of hydrogen-bond donors (Lipinski definition) is 5. The van der Waals surface area contributed by atoms with Crippen molar-refractivity contribution in [3.8, 4) is 5.75 Å². The van der Waals surface area contributed by atoms with Gasteiger partial charge in [0.25, 0.3) is 5.91 Å². The van der Waals surface area contributed by atoms with Gasteiger partial charge in [0, 0.05) is 24.6 Å². The van der Waals surface area contributed by atoms with E-state index in [1.54, 1.807) is 26.2 Å². The first-order valence-corrected chi connectivity index (χ1v) is 11.8. The molecule has 4 atom stereocenters. The summed E-state index contributed by atoms with van der Waals surface area (Å²) in [5.74, 6) is -6.48. The zero-order valence-corrected chi connectivity index (χ0v) is 20.0. The van der Waals surface area contributed by atoms with Crippen LogP contribution in [-0.4, -0.2) is 94.8 Å². The van der Waals surface area contributed by atoms with Crippen molar-refractivity contribution in [2.24, 2.45) is 17.6 Å². The average molecular weight is 500 g/mol. The molecule has 1 amide bonds. The van der Waals surface area contributed by atoms with Gasteiger partial charge in [-0.1, -0.05) is 6.07 Å². The number of aliphatic hydroxyl groups excluding tert-OH is 2. The second-order valence-electron chi connectivity index (χ2n) is 10.0. The molecule has 1 saturated carbocycles. The highest BCUT2D eigenvalue weighted by Gasteiger charge is 2.64. The maximum atomic E-state index is 13.8. The van der Waals surface area contributed by atoms with E-state index in [9.17, 15) is 34.8 Å². The topological polar surface area (TPSA) is 174 Å². The van der Waals surface area contributed by atoms with Crippen LogP contribution in [0.3, 0.4) is 0 Å². The number of rotatable bonds is 3. The number of likely N-dealkylation sites (N-methyl/N-ethyl adjacent to an activating group) is 1. The smallest absolute Gasteiger partial charge is 0.255 e. The molecule has 36 heavy (non-hydrogen) atoms. The third-order valence-electron chi connectivity index (χ3n) is 7.92. The first-order chi connectivity index (χ1) is 17.0. The van der Waals surface area contributed by atoms with Gasteiger partial charge in [-0.15, -0.1) is 0 Å². The SMILES string of the molecule is CN(C)[C@H]1C(=O)C(C(N)=O)=C(O)[C@]2(O)C(=O)C3=C(O)c4c(ccc(N5CCOCC5)c4O)C[C@@H]3C[C@H]12. The number of ketones is 2. The van der Waals surface area contributed by atoms with Crippen molar-refractivity contribution in [1.29, 1.82) is 0 Å². The number of fused-ring (bicyclic) bond motifs is 3. The van der Waals surface area contributed by atoms with Crippen LogP contribution in [0.5, 0.6) is 5.75 Å². The zero-order valence-electron chi connectivity index (χ0n) is 20.0. The predicted molar refractivity (Wildman–Crippen MR) is 127 cm³/mol. The van der Waals surface area contributed by atoms with Crippen LogP contribution < -0.4 is 10.6 Å². The monoisotopic (exact) mass is 499 g/mol. The van der Waals surface area contributed by atoms with Gasteiger partial charge in [-0.2, -0.15) is 0 Å². The van der Waals surface area contributed by atoms with Crippen LogP contribution in [-0.2, 0) is 25.5 Å². The van der Waals surface area contributed by atoms with Crippen LogP contribution >= 0.6 is 0 Å². The van der Waals surface area contributed by atoms with Crippen LogP contribution in [0.15, 0.2) is 29.0 Å². The first kappa shape index (κ1) is 24.3. The third kappa shape index (κ3) is 3.19. The minimum atomic E-state index is -2.64. The Kier molecular flexibility index (Phi) is 5.62. The van der Waals surface area contributed by atoms with Crippen molar-refractivity contribution in [1.82, 2.24) is 4.90 Å². The molecule has 1 aromatic rings. The number of amides is 1. The molecule has 6 N–H and O–H groups in total. The number of aromatic hydroxyl groups is 1. The molecule has 11 nitrogen and oxygen atoms in total. The van der Waals surface area contributed by atoms with Crippen LogP contribution in [0.4, 0.5) is 5.69 Å². The van der Waals surface area contributed by atoms with Gasteiger partial charge < -0.3 is 35.8 Å². The van der Waals surface area contributed by atoms with Gasteiger partial charge in [0.15, 0.2) is 11.4 Å². The molecule has 0 aromatic heterocycles. The Hall–Kier alpha value is -3.41. The predicted octanol–water partition coefficient (Wildman–Crippen LogP) is -0.199. The van der Waals surface area contributed by atoms with E-state index in [1.807, 2.05) is 4.90 Å². The fourth-order valence-electron chi connectivity index (χ4n) is 6.27. The van der Waals surface area contributed by atoms with Gasteiger partial charge in [0.05, 0.1) is 30.5 Å². The standard InChI is InChI=1S/C25H29N3O8/c1-27(2)18-13-10-12-9-11-3-4-14(28-5-7-36-8-6-28)19(29)15(11)20(30)16(12)22(32)25(13,35)23(33)17(21(18)31)24(26)34/h3-4,12-13,18,29-30,33,35H,5-10H2,1-2H3,(H2,26,34)/t12-,13-,18-,25-/m1/s1. The summed E-state index contributed by atoms with van der Waals surface area (Å²) in [5, 5.41) is 44.9. The van der Waals surface area contributed by atoms with Crippen LogP contribution in [0.2, 0.25) is 0 Å². The molecule has 1 heterocycles. The highest BCUT2D eigenvalue weighted by atomic mass is 16.5. The van der Waals surface area contributed by atoms with E-state index in [4.69, 9.17) is 10.5 Å². The lowest BCUT2D eigenvalue weighted by Crippen LogP contribution is -2.65. The summed E-state index contributed by atoms with van der Waals surface area (Å²) in [4.78, 5) is 42.4. The number of carbonyl (C=O) groups excluding carboxylic acids is 3. The van der Waals surface area contributed by atoms with Crippen molar-refractivity contribution in [3.63, 3.8) is 0 Å². The molecule has 3 aliphatic carbocycles. The van der Waals surface area contributed by atoms with Crippen LogP contribution in [0.25, 0.3) is 5.76 Å². The number of ether oxygens (including phenoxy) is 1. The Balaban J connectivity index is 1.67. The number of nitrogens with zero attached hydrogens (tertiary/aromatic N) is 2. The fraction of sp³-hybridized carbons (Fsp3) is 0.480. The molecule has 11 heteroatoms. The van der Waals surface area contributed by atoms with E-state index in [2.05, 4.69) is 0 Å². The molecule has 1 saturated heterocycles. The number of phenolic OH excluding ortho intramolecular Hbond substituents is 1. The number of primary amides is 1. The molecule has 192 valence electrons. The number of nitrogens with two attached hydrogens (primary N) is 1. The van der Waals surface area contributed by atoms with E-state index in [0.717, 1.165) is 0 Å². The number of aliphatic hydroxyl groups is 3. The summed E-state index contributed by atoms with van der Waals surface area (Å²) < 4.78 is 5.37. The Morgan fingerprint density at radius 3 is 2.44 bits per heavy atom. The van der Waals surface area contributed by atoms with E-state index >= 15 is 0 Å². The third-order valence-corrected chi connectivity index (χ3v) is 7.92. The molecular formula is C25H29N3O8. The van der Waals surface area contributed by atoms with Gasteiger partial charge in [-0.25, -0.2) is 0 Å². The van der Waals surface area contributed by atoms with Gasteiger partial charge >= 0.3 is 0 Å². The summed E-state index contributed by atoms with van der Waals surface area (Å²) in [6.45, 7) is 2.05. The number of anilines is 1. The fourth-order valence-corrected chi connectivity index (χ4v) is 6.27. The molecule has 0 unspecified atom stereocenters. The van der Waals surface area contributed by atoms with Crippen molar-refractivity contribution in [3.05, 3.63) is 40.2 Å². The Morgan fingerprint density at radius 2 is 1.83 bits per heavy atom. The van der Waals surface area contributed by atoms with E-state index in [-0.39, 0.29) is 29.7 Å². The van der Waals surface area contributed by atoms with Crippen molar-refractivity contribution < 1.29 is 39.5 Å². The quantitative estimate of drug-likeness (QED) is 0.350. The lowest BCUT2D eigenvalue weighted by molar-refractivity contribution is -0.153. The summed E-state index contributed by atoms with van der Waals surface area (Å²) in [7, 11) is 3.14. The highest BCUT2D eigenvalue weighted by molar-refractivity contribution is 6.24. The summed E-state index contributed by atoms with van der Waals surface area (Å²) in [6.07, 6.45) is 0.337. The highest BCUT2D eigenvalue weighted by Crippen LogP contribution is 2.53. The Morgan fingerprint density at radius 1 is 1.17 bits per heavy atom. The lowest BCUT2D eigenvalue weighted by Gasteiger charge is -2.50. The normalized spacial score (nSPS) is 30.3. The number of hydrogen-bond acceptors (Lipinski definition) is 10. The summed E-state index contributed by atoms with van der Waals surface area (Å²) in [6, 6.07) is 2.45. The van der Waals surface area contributed by atoms with Gasteiger partial charge in [0.1, 0.15) is 22.8 Å². The molecule has 5 rings (SSSR count). The largest absolute Gasteiger partial charge is 0.508 e. The average Bonchev–Trinajstić information content (AvgIpc) is 2.81. The molecular weight excluding hydrogens is 470 g/mol. The second kappa shape index (κ2) is 8.32. The Labute approximate surface area is 207 Å². The van der Waals surface area contributed by atoms with Crippen molar-refractivity contribution in [2.45, 2.75) is 24.5 Å². The van der Waals surface area contributed by atoms with Crippen molar-refractivity contribution >= 4 is 28.9 Å². The number of Topliss-reactive ketones (excluding diaryl/α,β-unsaturated/α-hetero) is 2. The number of carbonyl (C=O) groups is 3. The summed E-state index contributed by atoms with van der Waals surface area (Å²) in [5.41, 5.74) is 2.92. The summed E-state index contributed by atoms with van der Waals surface area (Å²) >= 11 is 0. The maximum absolute atomic E-state index is 13.8. The van der Waals surface area contributed by atoms with E-state index in [1.165, 1.54) is 4.90 Å². The molecule has 1 aliphatic heterocycles.